The smallest absolute Gasteiger partial charge is 0.256 e. The molecule has 2 aliphatic heterocycles. The van der Waals surface area contributed by atoms with Crippen molar-refractivity contribution in [2.75, 3.05) is 74.7 Å². The number of likely N-dealkylation sites (tertiary alicyclic amines) is 1. The average Bonchev–Trinajstić information content (AvgIpc) is 0.838. The van der Waals surface area contributed by atoms with Crippen LogP contribution in [0.3, 0.4) is 0 Å². The first kappa shape index (κ1) is 84.3. The normalized spacial score (nSPS) is 27.5. The number of carbonyl (C=O) groups is 11. The van der Waals surface area contributed by atoms with Gasteiger partial charge in [-0.15, -0.1) is 11.8 Å². The zero-order valence-electron chi connectivity index (χ0n) is 61.7. The first-order valence-electron chi connectivity index (χ1n) is 34.4. The van der Waals surface area contributed by atoms with Gasteiger partial charge >= 0.3 is 0 Å². The van der Waals surface area contributed by atoms with Crippen molar-refractivity contribution in [3.63, 3.8) is 0 Å². The topological polar surface area (TPSA) is 282 Å². The second kappa shape index (κ2) is 39.4. The minimum absolute atomic E-state index is 0.0141. The van der Waals surface area contributed by atoms with Gasteiger partial charge < -0.3 is 65.6 Å². The molecule has 0 radical (unpaired) electrons. The van der Waals surface area contributed by atoms with Crippen LogP contribution in [0.5, 0.6) is 0 Å². The van der Waals surface area contributed by atoms with Gasteiger partial charge in [0.25, 0.3) is 5.91 Å². The molecule has 0 unspecified atom stereocenters. The molecule has 0 aromatic heterocycles. The Bertz CT molecular complexity index is 2560. The van der Waals surface area contributed by atoms with E-state index in [9.17, 15) is 29.1 Å². The molecule has 2 aliphatic rings. The van der Waals surface area contributed by atoms with Gasteiger partial charge in [0, 0.05) is 61.6 Å². The third-order valence-corrected chi connectivity index (χ3v) is 19.6. The molecule has 0 saturated carbocycles. The van der Waals surface area contributed by atoms with Crippen molar-refractivity contribution >= 4 is 76.7 Å². The third-order valence-electron chi connectivity index (χ3n) is 18.3. The number of hydrogen-bond acceptors (Lipinski definition) is 14. The predicted octanol–water partition coefficient (Wildman–Crippen LogP) is 4.81. The van der Waals surface area contributed by atoms with E-state index in [2.05, 4.69) is 26.2 Å². The summed E-state index contributed by atoms with van der Waals surface area (Å²) >= 11 is 1.22. The quantitative estimate of drug-likeness (QED) is 0.109. The molecule has 0 aromatic carbocycles. The summed E-state index contributed by atoms with van der Waals surface area (Å²) in [6, 6.07) is -12.5. The van der Waals surface area contributed by atoms with E-state index in [4.69, 9.17) is 0 Å². The lowest BCUT2D eigenvalue weighted by molar-refractivity contribution is -0.157. The maximum absolute atomic E-state index is 15.4. The fourth-order valence-corrected chi connectivity index (χ4v) is 13.6. The third kappa shape index (κ3) is 23.8. The number of carbonyl (C=O) groups excluding carboxylic acids is 11. The van der Waals surface area contributed by atoms with E-state index in [0.717, 1.165) is 37.3 Å². The van der Waals surface area contributed by atoms with Crippen LogP contribution in [0, 0.1) is 41.4 Å². The van der Waals surface area contributed by atoms with Crippen LogP contribution < -0.4 is 21.3 Å². The van der Waals surface area contributed by atoms with Crippen molar-refractivity contribution < 1.29 is 57.8 Å². The molecular formula is C69H124N12O12S. The molecule has 2 heterocycles. The molecule has 24 nitrogen and oxygen atoms in total. The number of nitrogens with one attached hydrogen (secondary N) is 4. The van der Waals surface area contributed by atoms with Crippen LogP contribution in [0.25, 0.3) is 0 Å². The number of amides is 11. The minimum Gasteiger partial charge on any atom is -0.390 e. The van der Waals surface area contributed by atoms with Gasteiger partial charge in [0.2, 0.25) is 59.1 Å². The van der Waals surface area contributed by atoms with E-state index in [0.29, 0.717) is 18.7 Å². The fraction of sp³-hybridized carbons (Fsp3) is 0.812. The van der Waals surface area contributed by atoms with Gasteiger partial charge in [0.1, 0.15) is 60.4 Å². The molecule has 94 heavy (non-hydrogen) atoms. The number of thioether (sulfide) groups is 1. The SMILES string of the molecule is C/C=C/C[C@@H](C)[C@@H](O)[C@H]1C(=O)N[C@@H](CC)C(=O)N(C)[C@H](SCCN2CCCCC2)C(=O)N(C)[C@@H](CC(C)C)C(=O)N[C@@H](C(C)C)C(=O)N(C)[C@@H](CC(C)C)C(=O)N[C@@H](C)C(=O)N[C@H](C)C(=O)N(C)[C@@H](CC(C)C)C(=O)N(C)[C@@H](CC(C)C)C(=O)N(C)[C@@H](C(C)C)C(=O)N1C. The zero-order chi connectivity index (χ0) is 72.1. The lowest BCUT2D eigenvalue weighted by Crippen LogP contribution is -2.64. The van der Waals surface area contributed by atoms with Crippen molar-refractivity contribution in [1.29, 1.82) is 0 Å². The van der Waals surface area contributed by atoms with Crippen molar-refractivity contribution in [3.8, 4) is 0 Å². The number of aliphatic hydroxyl groups excluding tert-OH is 1. The molecule has 2 saturated heterocycles. The highest BCUT2D eigenvalue weighted by Crippen LogP contribution is 2.28. The molecule has 2 rings (SSSR count). The molecule has 0 aromatic rings. The number of likely N-dealkylation sites (N-methyl/N-ethyl adjacent to an activating group) is 7. The number of hydrogen-bond donors (Lipinski definition) is 5. The van der Waals surface area contributed by atoms with E-state index < -0.39 is 155 Å². The number of piperidine rings is 1. The highest BCUT2D eigenvalue weighted by molar-refractivity contribution is 8.00. The van der Waals surface area contributed by atoms with Crippen molar-refractivity contribution in [3.05, 3.63) is 12.2 Å². The molecule has 538 valence electrons. The van der Waals surface area contributed by atoms with E-state index >= 15 is 28.8 Å². The van der Waals surface area contributed by atoms with Gasteiger partial charge in [-0.25, -0.2) is 0 Å². The van der Waals surface area contributed by atoms with Crippen molar-refractivity contribution in [2.24, 2.45) is 41.4 Å². The van der Waals surface area contributed by atoms with Crippen molar-refractivity contribution in [2.45, 2.75) is 247 Å². The van der Waals surface area contributed by atoms with Crippen LogP contribution in [0.15, 0.2) is 12.2 Å². The predicted molar refractivity (Wildman–Crippen MR) is 370 cm³/mol. The maximum atomic E-state index is 15.4. The molecule has 2 fully saturated rings. The van der Waals surface area contributed by atoms with E-state index in [1.807, 2.05) is 68.4 Å². The molecule has 0 aliphatic carbocycles. The Balaban J connectivity index is 3.10. The first-order chi connectivity index (χ1) is 43.7. The highest BCUT2D eigenvalue weighted by atomic mass is 32.2. The summed E-state index contributed by atoms with van der Waals surface area (Å²) in [4.78, 5) is 175. The fourth-order valence-electron chi connectivity index (χ4n) is 12.4. The minimum atomic E-state index is -1.63. The van der Waals surface area contributed by atoms with Crippen LogP contribution in [0.2, 0.25) is 0 Å². The zero-order valence-corrected chi connectivity index (χ0v) is 62.6. The number of rotatable bonds is 19. The standard InChI is InChI=1S/C69H124N12O12S/c1-25-27-31-46(15)57(82)56-61(86)72-49(26-2)63(88)80(24)69(94-35-34-81-32-29-28-30-33-81)68(93)75(19)51(37-41(5)6)60(85)73-54(44(11)12)66(91)74(18)50(36-40(3)4)59(84)70-47(16)58(83)71-48(17)62(87)76(20)52(38-42(7)8)64(89)77(21)53(39-43(9)10)65(90)78(22)55(45(13)14)67(92)79(56)23/h25,27,40-57,69,82H,26,28-39H2,1-24H3,(H,70,84)(H,71,83)(H,72,86)(H,73,85)/b27-25+/t46-,47+,48-,49+,50+,51+,52+,53+,54+,55+,56+,57-,69-/m1/s1. The first-order valence-corrected chi connectivity index (χ1v) is 35.5. The van der Waals surface area contributed by atoms with E-state index in [1.165, 1.54) is 104 Å². The lowest BCUT2D eigenvalue weighted by Gasteiger charge is -2.41. The van der Waals surface area contributed by atoms with Gasteiger partial charge in [-0.1, -0.05) is 116 Å². The Kier molecular flexibility index (Phi) is 35.3. The molecule has 5 N–H and O–H groups in total. The van der Waals surface area contributed by atoms with Gasteiger partial charge in [0.05, 0.1) is 6.10 Å². The van der Waals surface area contributed by atoms with Crippen LogP contribution in [-0.2, 0) is 52.7 Å². The largest absolute Gasteiger partial charge is 0.390 e. The van der Waals surface area contributed by atoms with E-state index in [-0.39, 0.29) is 55.8 Å². The Labute approximate surface area is 568 Å². The summed E-state index contributed by atoms with van der Waals surface area (Å²) in [6.07, 6.45) is 6.18. The van der Waals surface area contributed by atoms with Gasteiger partial charge in [0.15, 0.2) is 5.37 Å². The summed E-state index contributed by atoms with van der Waals surface area (Å²) in [5.74, 6) is -9.26. The number of nitrogens with zero attached hydrogens (tertiary/aromatic N) is 8. The van der Waals surface area contributed by atoms with Crippen LogP contribution >= 0.6 is 11.8 Å². The average molecular weight is 1350 g/mol. The lowest BCUT2D eigenvalue weighted by atomic mass is 9.91. The molecule has 0 bridgehead atoms. The van der Waals surface area contributed by atoms with Gasteiger partial charge in [-0.2, -0.15) is 0 Å². The molecule has 13 atom stereocenters. The van der Waals surface area contributed by atoms with Gasteiger partial charge in [-0.05, 0) is 127 Å². The molecule has 0 spiro atoms. The van der Waals surface area contributed by atoms with Crippen LogP contribution in [0.1, 0.15) is 175 Å². The summed E-state index contributed by atoms with van der Waals surface area (Å²) < 4.78 is 0. The van der Waals surface area contributed by atoms with Crippen LogP contribution in [0.4, 0.5) is 0 Å². The second-order valence-electron chi connectivity index (χ2n) is 28.9. The Morgan fingerprint density at radius 2 is 0.904 bits per heavy atom. The summed E-state index contributed by atoms with van der Waals surface area (Å²) in [6.45, 7) is 32.5. The highest BCUT2D eigenvalue weighted by Gasteiger charge is 2.46. The number of aliphatic hydroxyl groups is 1. The van der Waals surface area contributed by atoms with Crippen molar-refractivity contribution in [1.82, 2.24) is 60.5 Å². The summed E-state index contributed by atoms with van der Waals surface area (Å²) in [5.41, 5.74) is 0. The van der Waals surface area contributed by atoms with Crippen LogP contribution in [-0.4, -0.2) is 256 Å². The molecular weight excluding hydrogens is 1220 g/mol. The second-order valence-corrected chi connectivity index (χ2v) is 30.1. The number of allylic oxidation sites excluding steroid dienone is 2. The monoisotopic (exact) mass is 1340 g/mol. The summed E-state index contributed by atoms with van der Waals surface area (Å²) in [5, 5.41) is 22.3. The maximum Gasteiger partial charge on any atom is 0.256 e. The summed E-state index contributed by atoms with van der Waals surface area (Å²) in [7, 11) is 10.2. The van der Waals surface area contributed by atoms with Gasteiger partial charge in [-0.3, -0.25) is 52.7 Å². The Hall–Kier alpha value is -5.82. The Morgan fingerprint density at radius 3 is 1.37 bits per heavy atom. The van der Waals surface area contributed by atoms with E-state index in [1.54, 1.807) is 47.6 Å². The Morgan fingerprint density at radius 1 is 0.468 bits per heavy atom. The molecule has 25 heteroatoms. The molecule has 11 amide bonds.